The number of carbonyl (C=O) groups is 4. The summed E-state index contributed by atoms with van der Waals surface area (Å²) in [6.07, 6.45) is 44.7. The van der Waals surface area contributed by atoms with E-state index in [-0.39, 0.29) is 25.7 Å². The van der Waals surface area contributed by atoms with Gasteiger partial charge < -0.3 is 33.8 Å². The maximum absolute atomic E-state index is 13.0. The topological polar surface area (TPSA) is 237 Å². The van der Waals surface area contributed by atoms with Gasteiger partial charge in [-0.2, -0.15) is 0 Å². The summed E-state index contributed by atoms with van der Waals surface area (Å²) in [7, 11) is -9.89. The Kier molecular flexibility index (Phi) is 59.0. The van der Waals surface area contributed by atoms with Crippen LogP contribution in [-0.2, 0) is 65.4 Å². The average Bonchev–Trinajstić information content (AvgIpc) is 3.63. The van der Waals surface area contributed by atoms with Crippen molar-refractivity contribution < 1.29 is 80.2 Å². The van der Waals surface area contributed by atoms with Gasteiger partial charge in [0.25, 0.3) is 0 Å². The fourth-order valence-electron chi connectivity index (χ4n) is 10.2. The van der Waals surface area contributed by atoms with Crippen molar-refractivity contribution in [2.75, 3.05) is 39.6 Å². The second-order valence-corrected chi connectivity index (χ2v) is 28.2. The van der Waals surface area contributed by atoms with Crippen molar-refractivity contribution in [3.63, 3.8) is 0 Å². The number of phosphoric ester groups is 2. The van der Waals surface area contributed by atoms with Crippen molar-refractivity contribution in [2.24, 2.45) is 11.8 Å². The Morgan fingerprint density at radius 2 is 0.586 bits per heavy atom. The van der Waals surface area contributed by atoms with Gasteiger partial charge in [-0.05, 0) is 37.5 Å². The summed E-state index contributed by atoms with van der Waals surface area (Å²) in [5.74, 6) is -0.720. The van der Waals surface area contributed by atoms with Crippen LogP contribution in [0.2, 0.25) is 0 Å². The van der Waals surface area contributed by atoms with E-state index < -0.39 is 97.5 Å². The molecule has 0 aromatic carbocycles. The number of esters is 4. The zero-order valence-corrected chi connectivity index (χ0v) is 58.1. The molecule has 0 aliphatic rings. The van der Waals surface area contributed by atoms with Crippen LogP contribution in [0.1, 0.15) is 343 Å². The van der Waals surface area contributed by atoms with Crippen molar-refractivity contribution in [1.82, 2.24) is 0 Å². The molecule has 0 aliphatic heterocycles. The van der Waals surface area contributed by atoms with E-state index in [1.807, 2.05) is 0 Å². The number of ether oxygens (including phenoxy) is 4. The molecule has 19 heteroatoms. The molecule has 6 atom stereocenters. The van der Waals surface area contributed by atoms with Crippen molar-refractivity contribution in [3.8, 4) is 0 Å². The minimum absolute atomic E-state index is 0.105. The van der Waals surface area contributed by atoms with Gasteiger partial charge in [-0.25, -0.2) is 9.13 Å². The highest BCUT2D eigenvalue weighted by Gasteiger charge is 2.30. The lowest BCUT2D eigenvalue weighted by molar-refractivity contribution is -0.161. The first-order chi connectivity index (χ1) is 41.9. The third-order valence-corrected chi connectivity index (χ3v) is 18.0. The van der Waals surface area contributed by atoms with E-state index >= 15 is 0 Å². The fraction of sp³-hybridized carbons (Fsp3) is 0.941. The maximum Gasteiger partial charge on any atom is 0.472 e. The van der Waals surface area contributed by atoms with Crippen LogP contribution in [0.25, 0.3) is 0 Å². The highest BCUT2D eigenvalue weighted by molar-refractivity contribution is 7.47. The zero-order chi connectivity index (χ0) is 64.3. The quantitative estimate of drug-likeness (QED) is 0.0222. The van der Waals surface area contributed by atoms with E-state index in [2.05, 4.69) is 41.5 Å². The van der Waals surface area contributed by atoms with E-state index in [1.54, 1.807) is 0 Å². The van der Waals surface area contributed by atoms with Gasteiger partial charge in [-0.15, -0.1) is 0 Å². The fourth-order valence-corrected chi connectivity index (χ4v) is 11.8. The normalized spacial score (nSPS) is 14.5. The average molecular weight is 1280 g/mol. The second kappa shape index (κ2) is 60.3. The molecular weight excluding hydrogens is 1150 g/mol. The van der Waals surface area contributed by atoms with E-state index in [4.69, 9.17) is 37.0 Å². The predicted octanol–water partition coefficient (Wildman–Crippen LogP) is 19.2. The summed E-state index contributed by atoms with van der Waals surface area (Å²) in [5, 5.41) is 10.6. The lowest BCUT2D eigenvalue weighted by Gasteiger charge is -2.21. The van der Waals surface area contributed by atoms with Gasteiger partial charge in [0.2, 0.25) is 0 Å². The van der Waals surface area contributed by atoms with Crippen LogP contribution in [0.3, 0.4) is 0 Å². The molecule has 0 rings (SSSR count). The second-order valence-electron chi connectivity index (χ2n) is 25.3. The molecule has 0 saturated heterocycles. The van der Waals surface area contributed by atoms with Crippen LogP contribution in [0.4, 0.5) is 0 Å². The van der Waals surface area contributed by atoms with E-state index in [9.17, 15) is 43.2 Å². The molecule has 0 radical (unpaired) electrons. The Bertz CT molecular complexity index is 1700. The van der Waals surface area contributed by atoms with E-state index in [0.717, 1.165) is 109 Å². The Morgan fingerprint density at radius 3 is 0.874 bits per heavy atom. The molecule has 87 heavy (non-hydrogen) atoms. The number of phosphoric acid groups is 2. The minimum atomic E-state index is -4.95. The molecule has 0 aliphatic carbocycles. The number of aliphatic hydroxyl groups excluding tert-OH is 1. The summed E-state index contributed by atoms with van der Waals surface area (Å²) in [5.41, 5.74) is 0. The number of aliphatic hydroxyl groups is 1. The molecule has 3 N–H and O–H groups in total. The summed E-state index contributed by atoms with van der Waals surface area (Å²) >= 11 is 0. The van der Waals surface area contributed by atoms with Crippen LogP contribution in [0, 0.1) is 11.8 Å². The molecule has 0 bridgehead atoms. The van der Waals surface area contributed by atoms with Gasteiger partial charge >= 0.3 is 39.5 Å². The molecule has 516 valence electrons. The lowest BCUT2D eigenvalue weighted by atomic mass is 10.00. The highest BCUT2D eigenvalue weighted by atomic mass is 31.2. The van der Waals surface area contributed by atoms with Gasteiger partial charge in [0, 0.05) is 25.7 Å². The summed E-state index contributed by atoms with van der Waals surface area (Å²) in [4.78, 5) is 72.3. The largest absolute Gasteiger partial charge is 0.472 e. The summed E-state index contributed by atoms with van der Waals surface area (Å²) in [6.45, 7) is 9.40. The van der Waals surface area contributed by atoms with E-state index in [0.29, 0.717) is 31.6 Å². The van der Waals surface area contributed by atoms with Crippen molar-refractivity contribution in [3.05, 3.63) is 0 Å². The number of carbonyl (C=O) groups excluding carboxylic acids is 4. The SMILES string of the molecule is CCCCCCCCCCCCCCCCCCCCC(=O)O[C@H](COC(=O)CCCCCCCCC(C)CC)COP(=O)(O)OC[C@@H](O)COP(=O)(O)OC[C@@H](COC(=O)CCCCCCCCC(C)C)OC(=O)CCCCCCCCCCCC. The Morgan fingerprint density at radius 1 is 0.333 bits per heavy atom. The molecule has 0 amide bonds. The van der Waals surface area contributed by atoms with Gasteiger partial charge in [-0.3, -0.25) is 37.3 Å². The van der Waals surface area contributed by atoms with Gasteiger partial charge in [0.05, 0.1) is 26.4 Å². The molecule has 3 unspecified atom stereocenters. The van der Waals surface area contributed by atoms with E-state index in [1.165, 1.54) is 148 Å². The lowest BCUT2D eigenvalue weighted by Crippen LogP contribution is -2.30. The van der Waals surface area contributed by atoms with Crippen LogP contribution in [0.5, 0.6) is 0 Å². The van der Waals surface area contributed by atoms with Crippen LogP contribution >= 0.6 is 15.6 Å². The Balaban J connectivity index is 5.19. The number of rotatable bonds is 67. The Hall–Kier alpha value is -1.94. The van der Waals surface area contributed by atoms with Crippen LogP contribution in [-0.4, -0.2) is 96.7 Å². The molecular formula is C68H132O17P2. The first-order valence-electron chi connectivity index (χ1n) is 35.5. The highest BCUT2D eigenvalue weighted by Crippen LogP contribution is 2.45. The van der Waals surface area contributed by atoms with Crippen molar-refractivity contribution >= 4 is 39.5 Å². The smallest absolute Gasteiger partial charge is 0.462 e. The minimum Gasteiger partial charge on any atom is -0.462 e. The third-order valence-electron chi connectivity index (χ3n) is 16.1. The first-order valence-corrected chi connectivity index (χ1v) is 38.5. The molecule has 0 heterocycles. The van der Waals surface area contributed by atoms with Crippen molar-refractivity contribution in [2.45, 2.75) is 362 Å². The maximum atomic E-state index is 13.0. The first kappa shape index (κ1) is 85.1. The molecule has 0 fully saturated rings. The number of unbranched alkanes of at least 4 members (excludes halogenated alkanes) is 36. The summed E-state index contributed by atoms with van der Waals surface area (Å²) < 4.78 is 68.1. The van der Waals surface area contributed by atoms with Gasteiger partial charge in [0.15, 0.2) is 12.2 Å². The van der Waals surface area contributed by atoms with Crippen LogP contribution < -0.4 is 0 Å². The molecule has 0 aromatic heterocycles. The zero-order valence-electron chi connectivity index (χ0n) is 56.3. The van der Waals surface area contributed by atoms with Crippen molar-refractivity contribution in [1.29, 1.82) is 0 Å². The summed E-state index contributed by atoms with van der Waals surface area (Å²) in [6, 6.07) is 0. The molecule has 17 nitrogen and oxygen atoms in total. The third kappa shape index (κ3) is 61.3. The molecule has 0 saturated carbocycles. The molecule has 0 aromatic rings. The Labute approximate surface area is 530 Å². The molecule has 0 spiro atoms. The van der Waals surface area contributed by atoms with Gasteiger partial charge in [0.1, 0.15) is 19.3 Å². The standard InChI is InChI=1S/C68H132O17P2/c1-7-10-12-14-16-18-20-21-22-23-24-25-26-27-29-31-41-47-53-68(73)85-64(57-79-66(71)51-45-39-35-33-37-43-49-61(6)9-3)59-83-87(76,77)81-55-62(69)54-80-86(74,75)82-58-63(56-78-65(70)50-44-38-34-32-36-42-48-60(4)5)84-67(72)52-46-40-30-28-19-17-15-13-11-8-2/h60-64,69H,7-59H2,1-6H3,(H,74,75)(H,76,77)/t61?,62-,63+,64+/m0/s1. The number of hydrogen-bond acceptors (Lipinski definition) is 15. The number of hydrogen-bond donors (Lipinski definition) is 3. The monoisotopic (exact) mass is 1280 g/mol. The predicted molar refractivity (Wildman–Crippen MR) is 349 cm³/mol. The van der Waals surface area contributed by atoms with Gasteiger partial charge in [-0.1, -0.05) is 292 Å². The van der Waals surface area contributed by atoms with Crippen LogP contribution in [0.15, 0.2) is 0 Å².